The second-order valence-electron chi connectivity index (χ2n) is 5.07. The zero-order chi connectivity index (χ0) is 16.4. The fourth-order valence-electron chi connectivity index (χ4n) is 2.24. The van der Waals surface area contributed by atoms with Gasteiger partial charge in [-0.2, -0.15) is 4.98 Å². The number of aromatic nitrogens is 2. The number of anilines is 2. The zero-order valence-corrected chi connectivity index (χ0v) is 13.3. The van der Waals surface area contributed by atoms with Crippen molar-refractivity contribution in [2.24, 2.45) is 0 Å². The molecule has 24 heavy (non-hydrogen) atoms. The van der Waals surface area contributed by atoms with Crippen molar-refractivity contribution in [2.45, 2.75) is 0 Å². The van der Waals surface area contributed by atoms with E-state index >= 15 is 0 Å². The molecule has 0 atom stereocenters. The number of phenols is 1. The summed E-state index contributed by atoms with van der Waals surface area (Å²) in [7, 11) is 0. The molecule has 0 unspecified atom stereocenters. The molecule has 0 aliphatic rings. The maximum absolute atomic E-state index is 9.38. The lowest BCUT2D eigenvalue weighted by atomic mass is 10.3. The molecule has 0 aliphatic heterocycles. The Hall–Kier alpha value is -3.12. The lowest BCUT2D eigenvalue weighted by Crippen LogP contribution is -1.99. The van der Waals surface area contributed by atoms with Crippen LogP contribution in [0.2, 0.25) is 0 Å². The fourth-order valence-corrected chi connectivity index (χ4v) is 2.99. The highest BCUT2D eigenvalue weighted by atomic mass is 32.1. The van der Waals surface area contributed by atoms with E-state index in [1.54, 1.807) is 24.3 Å². The minimum absolute atomic E-state index is 0.192. The van der Waals surface area contributed by atoms with E-state index in [0.29, 0.717) is 17.6 Å². The number of hydrogen-bond donors (Lipinski definition) is 2. The van der Waals surface area contributed by atoms with Gasteiger partial charge in [0.15, 0.2) is 0 Å². The van der Waals surface area contributed by atoms with E-state index in [2.05, 4.69) is 15.3 Å². The normalized spacial score (nSPS) is 10.7. The fraction of sp³-hybridized carbons (Fsp3) is 0. The van der Waals surface area contributed by atoms with Gasteiger partial charge in [-0.1, -0.05) is 18.2 Å². The van der Waals surface area contributed by atoms with Crippen LogP contribution >= 0.6 is 11.3 Å². The van der Waals surface area contributed by atoms with Gasteiger partial charge in [0.1, 0.15) is 16.2 Å². The Bertz CT molecular complexity index is 969. The second kappa shape index (κ2) is 6.17. The van der Waals surface area contributed by atoms with Crippen molar-refractivity contribution in [3.63, 3.8) is 0 Å². The molecule has 0 aliphatic carbocycles. The van der Waals surface area contributed by atoms with Gasteiger partial charge in [-0.3, -0.25) is 0 Å². The van der Waals surface area contributed by atoms with Gasteiger partial charge in [0, 0.05) is 5.69 Å². The summed E-state index contributed by atoms with van der Waals surface area (Å²) in [6.07, 6.45) is 0. The Morgan fingerprint density at radius 3 is 2.50 bits per heavy atom. The smallest absolute Gasteiger partial charge is 0.242 e. The second-order valence-corrected chi connectivity index (χ2v) is 5.99. The lowest BCUT2D eigenvalue weighted by Gasteiger charge is -2.09. The molecule has 4 rings (SSSR count). The van der Waals surface area contributed by atoms with Gasteiger partial charge in [-0.25, -0.2) is 4.98 Å². The number of thiophene rings is 1. The molecule has 2 aromatic carbocycles. The molecule has 0 radical (unpaired) electrons. The highest BCUT2D eigenvalue weighted by Crippen LogP contribution is 2.33. The SMILES string of the molecule is Oc1ccc(Oc2nc(Nc3ccccc3)nc3ccsc23)cc1. The monoisotopic (exact) mass is 335 g/mol. The summed E-state index contributed by atoms with van der Waals surface area (Å²) in [6, 6.07) is 18.2. The van der Waals surface area contributed by atoms with Crippen molar-refractivity contribution in [1.82, 2.24) is 9.97 Å². The van der Waals surface area contributed by atoms with Gasteiger partial charge in [0.2, 0.25) is 11.8 Å². The third-order valence-corrected chi connectivity index (χ3v) is 4.25. The maximum atomic E-state index is 9.38. The van der Waals surface area contributed by atoms with Gasteiger partial charge in [0.05, 0.1) is 5.52 Å². The molecule has 4 aromatic rings. The number of nitrogens with one attached hydrogen (secondary N) is 1. The van der Waals surface area contributed by atoms with Crippen LogP contribution < -0.4 is 10.1 Å². The molecule has 0 fully saturated rings. The van der Waals surface area contributed by atoms with Crippen molar-refractivity contribution in [3.8, 4) is 17.4 Å². The van der Waals surface area contributed by atoms with Crippen LogP contribution in [0.15, 0.2) is 66.0 Å². The van der Waals surface area contributed by atoms with Gasteiger partial charge >= 0.3 is 0 Å². The Balaban J connectivity index is 1.71. The average Bonchev–Trinajstić information content (AvgIpc) is 3.07. The summed E-state index contributed by atoms with van der Waals surface area (Å²) in [5.74, 6) is 1.75. The van der Waals surface area contributed by atoms with Crippen LogP contribution in [-0.4, -0.2) is 15.1 Å². The van der Waals surface area contributed by atoms with Gasteiger partial charge in [-0.05, 0) is 47.8 Å². The van der Waals surface area contributed by atoms with Gasteiger partial charge < -0.3 is 15.2 Å². The molecule has 5 nitrogen and oxygen atoms in total. The molecular formula is C18H13N3O2S. The summed E-state index contributed by atoms with van der Waals surface area (Å²) < 4.78 is 6.77. The Morgan fingerprint density at radius 2 is 1.71 bits per heavy atom. The Morgan fingerprint density at radius 1 is 0.917 bits per heavy atom. The van der Waals surface area contributed by atoms with Crippen LogP contribution in [0.25, 0.3) is 10.2 Å². The summed E-state index contributed by atoms with van der Waals surface area (Å²) in [4.78, 5) is 9.00. The molecule has 118 valence electrons. The predicted molar refractivity (Wildman–Crippen MR) is 95.3 cm³/mol. The molecular weight excluding hydrogens is 322 g/mol. The van der Waals surface area contributed by atoms with E-state index in [4.69, 9.17) is 4.74 Å². The number of phenolic OH excluding ortho intramolecular Hbond substituents is 1. The number of benzene rings is 2. The first-order chi connectivity index (χ1) is 11.8. The first kappa shape index (κ1) is 14.5. The number of nitrogens with zero attached hydrogens (tertiary/aromatic N) is 2. The van der Waals surface area contributed by atoms with Crippen molar-refractivity contribution >= 4 is 33.2 Å². The standard InChI is InChI=1S/C18H13N3O2S/c22-13-6-8-14(9-7-13)23-17-16-15(10-11-24-16)20-18(21-17)19-12-4-2-1-3-5-12/h1-11,22H,(H,19,20,21). The van der Waals surface area contributed by atoms with Crippen LogP contribution in [0.5, 0.6) is 17.4 Å². The minimum Gasteiger partial charge on any atom is -0.508 e. The number of rotatable bonds is 4. The third-order valence-electron chi connectivity index (χ3n) is 3.35. The van der Waals surface area contributed by atoms with E-state index in [1.165, 1.54) is 11.3 Å². The number of aromatic hydroxyl groups is 1. The third kappa shape index (κ3) is 3.00. The quantitative estimate of drug-likeness (QED) is 0.553. The van der Waals surface area contributed by atoms with Crippen molar-refractivity contribution in [2.75, 3.05) is 5.32 Å². The van der Waals surface area contributed by atoms with Gasteiger partial charge in [0.25, 0.3) is 0 Å². The average molecular weight is 335 g/mol. The summed E-state index contributed by atoms with van der Waals surface area (Å²) in [5, 5.41) is 14.5. The first-order valence-corrected chi connectivity index (χ1v) is 8.20. The van der Waals surface area contributed by atoms with Crippen LogP contribution in [0, 0.1) is 0 Å². The molecule has 2 aromatic heterocycles. The zero-order valence-electron chi connectivity index (χ0n) is 12.5. The van der Waals surface area contributed by atoms with E-state index in [9.17, 15) is 5.11 Å². The predicted octanol–water partition coefficient (Wildman–Crippen LogP) is 4.93. The van der Waals surface area contributed by atoms with Crippen molar-refractivity contribution < 1.29 is 9.84 Å². The molecule has 0 spiro atoms. The van der Waals surface area contributed by atoms with Gasteiger partial charge in [-0.15, -0.1) is 11.3 Å². The van der Waals surface area contributed by atoms with Crippen LogP contribution in [0.4, 0.5) is 11.6 Å². The number of hydrogen-bond acceptors (Lipinski definition) is 6. The van der Waals surface area contributed by atoms with E-state index in [1.807, 2.05) is 41.8 Å². The molecule has 0 bridgehead atoms. The van der Waals surface area contributed by atoms with E-state index < -0.39 is 0 Å². The number of fused-ring (bicyclic) bond motifs is 1. The summed E-state index contributed by atoms with van der Waals surface area (Å²) in [5.41, 5.74) is 1.73. The number of para-hydroxylation sites is 1. The highest BCUT2D eigenvalue weighted by Gasteiger charge is 2.11. The molecule has 0 amide bonds. The summed E-state index contributed by atoms with van der Waals surface area (Å²) in [6.45, 7) is 0. The minimum atomic E-state index is 0.192. The first-order valence-electron chi connectivity index (χ1n) is 7.32. The van der Waals surface area contributed by atoms with Crippen LogP contribution in [0.1, 0.15) is 0 Å². The Labute approximate surface area is 142 Å². The lowest BCUT2D eigenvalue weighted by molar-refractivity contribution is 0.458. The largest absolute Gasteiger partial charge is 0.508 e. The van der Waals surface area contributed by atoms with Crippen molar-refractivity contribution in [3.05, 3.63) is 66.0 Å². The molecule has 2 N–H and O–H groups in total. The molecule has 0 saturated heterocycles. The molecule has 2 heterocycles. The van der Waals surface area contributed by atoms with E-state index in [-0.39, 0.29) is 5.75 Å². The van der Waals surface area contributed by atoms with Crippen LogP contribution in [0.3, 0.4) is 0 Å². The topological polar surface area (TPSA) is 67.3 Å². The van der Waals surface area contributed by atoms with E-state index in [0.717, 1.165) is 15.9 Å². The summed E-state index contributed by atoms with van der Waals surface area (Å²) >= 11 is 1.52. The highest BCUT2D eigenvalue weighted by molar-refractivity contribution is 7.17. The van der Waals surface area contributed by atoms with Crippen molar-refractivity contribution in [1.29, 1.82) is 0 Å². The Kier molecular flexibility index (Phi) is 3.72. The van der Waals surface area contributed by atoms with Crippen LogP contribution in [-0.2, 0) is 0 Å². The molecule has 6 heteroatoms. The molecule has 0 saturated carbocycles. The number of ether oxygens (including phenoxy) is 1. The maximum Gasteiger partial charge on any atom is 0.242 e.